The van der Waals surface area contributed by atoms with Crippen molar-refractivity contribution in [1.82, 2.24) is 0 Å². The summed E-state index contributed by atoms with van der Waals surface area (Å²) in [7, 11) is 1.60. The van der Waals surface area contributed by atoms with Gasteiger partial charge in [0.15, 0.2) is 0 Å². The number of aliphatic hydroxyl groups is 1. The van der Waals surface area contributed by atoms with Crippen molar-refractivity contribution in [3.8, 4) is 11.5 Å². The van der Waals surface area contributed by atoms with Gasteiger partial charge in [-0.25, -0.2) is 0 Å². The monoisotopic (exact) mass is 254 g/mol. The van der Waals surface area contributed by atoms with Crippen molar-refractivity contribution < 1.29 is 19.3 Å². The quantitative estimate of drug-likeness (QED) is 0.760. The van der Waals surface area contributed by atoms with Gasteiger partial charge in [0.2, 0.25) is 0 Å². The zero-order valence-corrected chi connectivity index (χ0v) is 11.5. The first kappa shape index (κ1) is 14.8. The highest BCUT2D eigenvalue weighted by atomic mass is 16.5. The maximum Gasteiger partial charge on any atom is 0.128 e. The fourth-order valence-electron chi connectivity index (χ4n) is 1.55. The lowest BCUT2D eigenvalue weighted by atomic mass is 10.1. The van der Waals surface area contributed by atoms with E-state index in [-0.39, 0.29) is 6.10 Å². The molecule has 0 aliphatic rings. The Morgan fingerprint density at radius 2 is 1.89 bits per heavy atom. The maximum atomic E-state index is 9.66. The van der Waals surface area contributed by atoms with Crippen molar-refractivity contribution in [1.29, 1.82) is 0 Å². The molecular formula is C14H22O4. The predicted molar refractivity (Wildman–Crippen MR) is 70.2 cm³/mol. The van der Waals surface area contributed by atoms with Crippen LogP contribution in [0.5, 0.6) is 11.5 Å². The van der Waals surface area contributed by atoms with Crippen molar-refractivity contribution in [3.05, 3.63) is 23.8 Å². The number of methoxy groups -OCH3 is 1. The topological polar surface area (TPSA) is 47.9 Å². The Balaban J connectivity index is 2.66. The van der Waals surface area contributed by atoms with Crippen LogP contribution in [0.3, 0.4) is 0 Å². The Morgan fingerprint density at radius 3 is 2.44 bits per heavy atom. The molecule has 1 rings (SSSR count). The predicted octanol–water partition coefficient (Wildman–Crippen LogP) is 2.55. The summed E-state index contributed by atoms with van der Waals surface area (Å²) in [5, 5.41) is 9.66. The molecule has 0 saturated heterocycles. The average Bonchev–Trinajstić information content (AvgIpc) is 2.33. The zero-order valence-electron chi connectivity index (χ0n) is 11.5. The van der Waals surface area contributed by atoms with Crippen LogP contribution in [-0.2, 0) is 4.74 Å². The van der Waals surface area contributed by atoms with E-state index in [1.54, 1.807) is 26.2 Å². The second-order valence-electron chi connectivity index (χ2n) is 4.35. The molecule has 18 heavy (non-hydrogen) atoms. The molecule has 0 aliphatic carbocycles. The molecule has 4 heteroatoms. The van der Waals surface area contributed by atoms with Gasteiger partial charge in [0, 0.05) is 11.6 Å². The van der Waals surface area contributed by atoms with E-state index < -0.39 is 6.10 Å². The van der Waals surface area contributed by atoms with Gasteiger partial charge in [-0.3, -0.25) is 0 Å². The molecule has 0 spiro atoms. The van der Waals surface area contributed by atoms with Gasteiger partial charge in [0.25, 0.3) is 0 Å². The number of aliphatic hydroxyl groups excluding tert-OH is 1. The van der Waals surface area contributed by atoms with Gasteiger partial charge in [0.1, 0.15) is 18.1 Å². The molecule has 1 N–H and O–H groups in total. The third-order valence-corrected chi connectivity index (χ3v) is 2.46. The Kier molecular flexibility index (Phi) is 5.95. The Hall–Kier alpha value is -1.26. The lowest BCUT2D eigenvalue weighted by molar-refractivity contribution is 0.0543. The summed E-state index contributed by atoms with van der Waals surface area (Å²) in [5.74, 6) is 1.34. The van der Waals surface area contributed by atoms with Crippen LogP contribution in [0.1, 0.15) is 32.4 Å². The summed E-state index contributed by atoms with van der Waals surface area (Å²) in [6.45, 7) is 6.64. The van der Waals surface area contributed by atoms with Crippen molar-refractivity contribution in [2.45, 2.75) is 33.0 Å². The minimum atomic E-state index is -0.572. The molecule has 0 aromatic heterocycles. The van der Waals surface area contributed by atoms with E-state index in [4.69, 9.17) is 14.2 Å². The highest BCUT2D eigenvalue weighted by Gasteiger charge is 2.10. The van der Waals surface area contributed by atoms with Crippen LogP contribution >= 0.6 is 0 Å². The van der Waals surface area contributed by atoms with Gasteiger partial charge in [-0.1, -0.05) is 0 Å². The van der Waals surface area contributed by atoms with E-state index >= 15 is 0 Å². The van der Waals surface area contributed by atoms with Gasteiger partial charge < -0.3 is 19.3 Å². The molecule has 1 aromatic rings. The normalized spacial score (nSPS) is 12.6. The van der Waals surface area contributed by atoms with Crippen LogP contribution in [0, 0.1) is 0 Å². The summed E-state index contributed by atoms with van der Waals surface area (Å²) < 4.78 is 16.2. The lowest BCUT2D eigenvalue weighted by Crippen LogP contribution is -2.12. The van der Waals surface area contributed by atoms with Crippen LogP contribution in [-0.4, -0.2) is 31.5 Å². The van der Waals surface area contributed by atoms with Crippen molar-refractivity contribution in [2.24, 2.45) is 0 Å². The SMILES string of the molecule is COc1ccc([C@@H](C)O)c(OCCOC(C)C)c1. The summed E-state index contributed by atoms with van der Waals surface area (Å²) in [4.78, 5) is 0. The molecule has 0 bridgehead atoms. The number of benzene rings is 1. The minimum Gasteiger partial charge on any atom is -0.497 e. The molecule has 0 amide bonds. The first-order chi connectivity index (χ1) is 8.54. The molecule has 102 valence electrons. The summed E-state index contributed by atoms with van der Waals surface area (Å²) >= 11 is 0. The highest BCUT2D eigenvalue weighted by molar-refractivity contribution is 5.41. The maximum absolute atomic E-state index is 9.66. The summed E-state index contributed by atoms with van der Waals surface area (Å²) in [6, 6.07) is 5.39. The van der Waals surface area contributed by atoms with Gasteiger partial charge in [-0.2, -0.15) is 0 Å². The molecule has 0 radical (unpaired) electrons. The zero-order chi connectivity index (χ0) is 13.5. The Morgan fingerprint density at radius 1 is 1.17 bits per heavy atom. The average molecular weight is 254 g/mol. The van der Waals surface area contributed by atoms with Crippen LogP contribution in [0.25, 0.3) is 0 Å². The van der Waals surface area contributed by atoms with Crippen molar-refractivity contribution in [2.75, 3.05) is 20.3 Å². The highest BCUT2D eigenvalue weighted by Crippen LogP contribution is 2.29. The third-order valence-electron chi connectivity index (χ3n) is 2.46. The molecule has 0 saturated carbocycles. The van der Waals surface area contributed by atoms with E-state index in [1.807, 2.05) is 19.9 Å². The van der Waals surface area contributed by atoms with Crippen LogP contribution in [0.15, 0.2) is 18.2 Å². The largest absolute Gasteiger partial charge is 0.497 e. The van der Waals surface area contributed by atoms with Gasteiger partial charge in [-0.15, -0.1) is 0 Å². The van der Waals surface area contributed by atoms with Crippen LogP contribution in [0.2, 0.25) is 0 Å². The summed E-state index contributed by atoms with van der Waals surface area (Å²) in [5.41, 5.74) is 0.750. The Bertz CT molecular complexity index is 361. The first-order valence-corrected chi connectivity index (χ1v) is 6.15. The van der Waals surface area contributed by atoms with Crippen LogP contribution < -0.4 is 9.47 Å². The fraction of sp³-hybridized carbons (Fsp3) is 0.571. The molecule has 0 unspecified atom stereocenters. The van der Waals surface area contributed by atoms with Gasteiger partial charge in [0.05, 0.1) is 25.9 Å². The number of hydrogen-bond acceptors (Lipinski definition) is 4. The first-order valence-electron chi connectivity index (χ1n) is 6.15. The van der Waals surface area contributed by atoms with E-state index in [9.17, 15) is 5.11 Å². The second kappa shape index (κ2) is 7.24. The van der Waals surface area contributed by atoms with Crippen LogP contribution in [0.4, 0.5) is 0 Å². The Labute approximate surface area is 108 Å². The van der Waals surface area contributed by atoms with Crippen molar-refractivity contribution in [3.63, 3.8) is 0 Å². The van der Waals surface area contributed by atoms with E-state index in [0.717, 1.165) is 5.56 Å². The number of rotatable bonds is 7. The van der Waals surface area contributed by atoms with E-state index in [1.165, 1.54) is 0 Å². The minimum absolute atomic E-state index is 0.190. The van der Waals surface area contributed by atoms with Gasteiger partial charge in [-0.05, 0) is 32.9 Å². The third kappa shape index (κ3) is 4.55. The van der Waals surface area contributed by atoms with Gasteiger partial charge >= 0.3 is 0 Å². The molecular weight excluding hydrogens is 232 g/mol. The molecule has 4 nitrogen and oxygen atoms in total. The van der Waals surface area contributed by atoms with E-state index in [2.05, 4.69) is 0 Å². The van der Waals surface area contributed by atoms with E-state index in [0.29, 0.717) is 24.7 Å². The lowest BCUT2D eigenvalue weighted by Gasteiger charge is -2.15. The molecule has 1 aromatic carbocycles. The second-order valence-corrected chi connectivity index (χ2v) is 4.35. The molecule has 0 heterocycles. The molecule has 1 atom stereocenters. The summed E-state index contributed by atoms with van der Waals surface area (Å²) in [6.07, 6.45) is -0.382. The number of hydrogen-bond donors (Lipinski definition) is 1. The smallest absolute Gasteiger partial charge is 0.128 e. The molecule has 0 aliphatic heterocycles. The number of ether oxygens (including phenoxy) is 3. The molecule has 0 fully saturated rings. The fourth-order valence-corrected chi connectivity index (χ4v) is 1.55. The van der Waals surface area contributed by atoms with Crippen molar-refractivity contribution >= 4 is 0 Å². The standard InChI is InChI=1S/C14H22O4/c1-10(2)17-7-8-18-14-9-12(16-4)5-6-13(14)11(3)15/h5-6,9-11,15H,7-8H2,1-4H3/t11-/m1/s1.